The van der Waals surface area contributed by atoms with Gasteiger partial charge in [0.15, 0.2) is 9.84 Å². The van der Waals surface area contributed by atoms with Gasteiger partial charge in [-0.1, -0.05) is 36.2 Å². The van der Waals surface area contributed by atoms with E-state index in [1.165, 1.54) is 25.1 Å². The first-order valence-electron chi connectivity index (χ1n) is 13.2. The van der Waals surface area contributed by atoms with Crippen molar-refractivity contribution in [2.24, 2.45) is 10.9 Å². The SMILES string of the molecule is CCS(=O)(=O)c1ccc(Cl)cc1CN1C(=O)N=C2C(Cl)=C(CN3CC(NC(=O)OC(C)(C)C)C3)C(C(F)(F)F)=CC2C1=O. The number of halogens is 5. The summed E-state index contributed by atoms with van der Waals surface area (Å²) in [6.45, 7) is 6.07. The van der Waals surface area contributed by atoms with Crippen LogP contribution in [0.3, 0.4) is 0 Å². The molecule has 2 aliphatic heterocycles. The predicted molar refractivity (Wildman–Crippen MR) is 153 cm³/mol. The molecule has 10 nitrogen and oxygen atoms in total. The fourth-order valence-corrected chi connectivity index (χ4v) is 6.47. The highest BCUT2D eigenvalue weighted by Crippen LogP contribution is 2.42. The Hall–Kier alpha value is -2.94. The standard InChI is InChI=1S/C27H29Cl2F3N4O6S/c1-5-43(40,41)20-7-6-15(28)8-14(20)10-36-23(37)17-9-19(27(30,31)32)18(21(29)22(17)34-24(36)38)13-35-11-16(12-35)33-25(39)42-26(2,3)4/h6-9,16-17H,5,10-13H2,1-4H3,(H,33,39). The lowest BCUT2D eigenvalue weighted by Crippen LogP contribution is -2.60. The Kier molecular flexibility index (Phi) is 9.09. The Morgan fingerprint density at radius 2 is 1.79 bits per heavy atom. The molecule has 1 unspecified atom stereocenters. The Balaban J connectivity index is 1.59. The largest absolute Gasteiger partial charge is 0.444 e. The number of alkyl halides is 3. The highest BCUT2D eigenvalue weighted by atomic mass is 35.5. The van der Waals surface area contributed by atoms with E-state index in [9.17, 15) is 36.0 Å². The molecular weight excluding hydrogens is 636 g/mol. The number of ether oxygens (including phenoxy) is 1. The smallest absolute Gasteiger partial charge is 0.416 e. The van der Waals surface area contributed by atoms with E-state index in [4.69, 9.17) is 27.9 Å². The van der Waals surface area contributed by atoms with Crippen LogP contribution in [0.5, 0.6) is 0 Å². The molecule has 1 aromatic rings. The molecule has 1 aromatic carbocycles. The summed E-state index contributed by atoms with van der Waals surface area (Å²) < 4.78 is 73.1. The van der Waals surface area contributed by atoms with E-state index in [1.54, 1.807) is 25.7 Å². The maximum absolute atomic E-state index is 14.3. The third kappa shape index (κ3) is 7.24. The van der Waals surface area contributed by atoms with E-state index >= 15 is 0 Å². The first kappa shape index (κ1) is 33.0. The van der Waals surface area contributed by atoms with Gasteiger partial charge >= 0.3 is 18.3 Å². The zero-order valence-corrected chi connectivity index (χ0v) is 25.9. The molecule has 1 aliphatic carbocycles. The van der Waals surface area contributed by atoms with Gasteiger partial charge in [-0.3, -0.25) is 14.6 Å². The van der Waals surface area contributed by atoms with Gasteiger partial charge in [-0.05, 0) is 50.1 Å². The van der Waals surface area contributed by atoms with Gasteiger partial charge in [-0.15, -0.1) is 0 Å². The van der Waals surface area contributed by atoms with E-state index < -0.39 is 62.7 Å². The summed E-state index contributed by atoms with van der Waals surface area (Å²) in [6, 6.07) is 2.37. The van der Waals surface area contributed by atoms with Crippen molar-refractivity contribution in [2.45, 2.75) is 57.0 Å². The van der Waals surface area contributed by atoms with Crippen LogP contribution in [0.2, 0.25) is 5.02 Å². The molecule has 0 radical (unpaired) electrons. The number of alkyl carbamates (subject to hydrolysis) is 1. The van der Waals surface area contributed by atoms with Crippen LogP contribution in [-0.2, 0) is 25.9 Å². The van der Waals surface area contributed by atoms with Gasteiger partial charge in [0.2, 0.25) is 5.91 Å². The number of likely N-dealkylation sites (tertiary alicyclic amines) is 1. The normalized spacial score (nSPS) is 20.4. The molecule has 3 aliphatic rings. The molecule has 43 heavy (non-hydrogen) atoms. The minimum Gasteiger partial charge on any atom is -0.444 e. The van der Waals surface area contributed by atoms with Crippen LogP contribution in [0.15, 0.2) is 50.3 Å². The first-order valence-corrected chi connectivity index (χ1v) is 15.6. The summed E-state index contributed by atoms with van der Waals surface area (Å²) in [4.78, 5) is 44.3. The second-order valence-electron chi connectivity index (χ2n) is 11.2. The summed E-state index contributed by atoms with van der Waals surface area (Å²) >= 11 is 12.4. The van der Waals surface area contributed by atoms with Crippen molar-refractivity contribution >= 4 is 56.8 Å². The lowest BCUT2D eigenvalue weighted by atomic mass is 9.85. The molecule has 16 heteroatoms. The average Bonchev–Trinajstić information content (AvgIpc) is 2.85. The quantitative estimate of drug-likeness (QED) is 0.441. The molecule has 0 aromatic heterocycles. The van der Waals surface area contributed by atoms with Crippen molar-refractivity contribution in [1.82, 2.24) is 15.1 Å². The van der Waals surface area contributed by atoms with Crippen molar-refractivity contribution < 1.29 is 40.7 Å². The van der Waals surface area contributed by atoms with Gasteiger partial charge in [0.25, 0.3) is 0 Å². The summed E-state index contributed by atoms with van der Waals surface area (Å²) in [5.74, 6) is -2.95. The Morgan fingerprint density at radius 1 is 1.14 bits per heavy atom. The number of imide groups is 1. The molecule has 4 amide bonds. The zero-order valence-electron chi connectivity index (χ0n) is 23.6. The zero-order chi connectivity index (χ0) is 32.1. The van der Waals surface area contributed by atoms with Gasteiger partial charge < -0.3 is 10.1 Å². The van der Waals surface area contributed by atoms with Gasteiger partial charge in [-0.2, -0.15) is 18.2 Å². The number of carbonyl (C=O) groups excluding carboxylic acids is 3. The van der Waals surface area contributed by atoms with Gasteiger partial charge in [-0.25, -0.2) is 18.0 Å². The van der Waals surface area contributed by atoms with Crippen molar-refractivity contribution in [1.29, 1.82) is 0 Å². The average molecular weight is 666 g/mol. The van der Waals surface area contributed by atoms with Crippen LogP contribution < -0.4 is 5.32 Å². The second kappa shape index (κ2) is 11.9. The lowest BCUT2D eigenvalue weighted by Gasteiger charge is -2.41. The number of aliphatic imine (C=N–C) groups is 1. The van der Waals surface area contributed by atoms with Gasteiger partial charge in [0.1, 0.15) is 11.5 Å². The number of sulfone groups is 1. The second-order valence-corrected chi connectivity index (χ2v) is 14.3. The highest BCUT2D eigenvalue weighted by Gasteiger charge is 2.47. The fourth-order valence-electron chi connectivity index (χ4n) is 4.84. The van der Waals surface area contributed by atoms with Crippen LogP contribution in [0.4, 0.5) is 22.8 Å². The molecule has 4 rings (SSSR count). The number of nitrogens with zero attached hydrogens (tertiary/aromatic N) is 3. The molecule has 0 saturated carbocycles. The van der Waals surface area contributed by atoms with Crippen LogP contribution in [-0.4, -0.2) is 85.2 Å². The molecule has 2 heterocycles. The Morgan fingerprint density at radius 3 is 2.37 bits per heavy atom. The third-order valence-corrected chi connectivity index (χ3v) is 9.34. The number of amides is 4. The van der Waals surface area contributed by atoms with E-state index in [-0.39, 0.29) is 58.2 Å². The molecule has 1 N–H and O–H groups in total. The maximum Gasteiger partial charge on any atom is 0.416 e. The Bertz CT molecular complexity index is 1560. The number of nitrogens with one attached hydrogen (secondary N) is 1. The van der Waals surface area contributed by atoms with E-state index in [0.29, 0.717) is 11.0 Å². The van der Waals surface area contributed by atoms with Gasteiger partial charge in [0, 0.05) is 24.7 Å². The van der Waals surface area contributed by atoms with Crippen LogP contribution in [0.1, 0.15) is 33.3 Å². The molecule has 1 fully saturated rings. The number of benzene rings is 1. The van der Waals surface area contributed by atoms with Crippen molar-refractivity contribution in [3.05, 3.63) is 51.0 Å². The first-order chi connectivity index (χ1) is 19.8. The number of rotatable bonds is 7. The molecule has 1 atom stereocenters. The number of urea groups is 1. The summed E-state index contributed by atoms with van der Waals surface area (Å²) in [6.07, 6.45) is -4.87. The molecule has 0 bridgehead atoms. The minimum absolute atomic E-state index is 0.0141. The number of hydrogen-bond acceptors (Lipinski definition) is 7. The maximum atomic E-state index is 14.3. The summed E-state index contributed by atoms with van der Waals surface area (Å²) in [5, 5.41) is 2.30. The monoisotopic (exact) mass is 664 g/mol. The molecule has 1 saturated heterocycles. The van der Waals surface area contributed by atoms with Crippen molar-refractivity contribution in [3.8, 4) is 0 Å². The van der Waals surface area contributed by atoms with Crippen LogP contribution in [0.25, 0.3) is 0 Å². The molecular formula is C27H29Cl2F3N4O6S. The fraction of sp³-hybridized carbons (Fsp3) is 0.481. The number of carbonyl (C=O) groups is 3. The van der Waals surface area contributed by atoms with Crippen molar-refractivity contribution in [2.75, 3.05) is 25.4 Å². The van der Waals surface area contributed by atoms with Crippen molar-refractivity contribution in [3.63, 3.8) is 0 Å². The highest BCUT2D eigenvalue weighted by molar-refractivity contribution is 7.91. The number of allylic oxidation sites excluding steroid dienone is 1. The lowest BCUT2D eigenvalue weighted by molar-refractivity contribution is -0.130. The number of hydrogen-bond donors (Lipinski definition) is 1. The molecule has 0 spiro atoms. The van der Waals surface area contributed by atoms with Crippen LogP contribution in [0, 0.1) is 5.92 Å². The van der Waals surface area contributed by atoms with E-state index in [0.717, 1.165) is 0 Å². The summed E-state index contributed by atoms with van der Waals surface area (Å²) in [5.41, 5.74) is -2.54. The minimum atomic E-state index is -4.90. The van der Waals surface area contributed by atoms with Crippen LogP contribution >= 0.6 is 23.2 Å². The molecule has 234 valence electrons. The van der Waals surface area contributed by atoms with E-state index in [2.05, 4.69) is 10.3 Å². The number of fused-ring (bicyclic) bond motifs is 1. The topological polar surface area (TPSA) is 125 Å². The summed E-state index contributed by atoms with van der Waals surface area (Å²) in [7, 11) is -3.79. The predicted octanol–water partition coefficient (Wildman–Crippen LogP) is 4.86. The third-order valence-electron chi connectivity index (χ3n) is 6.85. The van der Waals surface area contributed by atoms with Gasteiger partial charge in [0.05, 0.1) is 39.6 Å². The Labute approximate surface area is 256 Å². The van der Waals surface area contributed by atoms with E-state index in [1.807, 2.05) is 0 Å².